The number of nitrogens with one attached hydrogen (secondary N) is 3. The van der Waals surface area contributed by atoms with Gasteiger partial charge < -0.3 is 35.4 Å². The van der Waals surface area contributed by atoms with E-state index < -0.39 is 65.7 Å². The zero-order valence-electron chi connectivity index (χ0n) is 27.2. The SMILES string of the molecule is CC[C@H](C)[C@H](NC(=O)[C@H]1CCCN1C(=O)[C@@H](O)[C@@H](Cc1ccccc1)NC(=O)OC(C)(C)C)C(=O)N[C@H](C(=O)OC)C(C)C. The number of hydrogen-bond acceptors (Lipinski definition) is 8. The molecule has 12 heteroatoms. The molecule has 0 aromatic heterocycles. The molecular formula is C32H50N4O8. The second-order valence-corrected chi connectivity index (χ2v) is 12.7. The summed E-state index contributed by atoms with van der Waals surface area (Å²) < 4.78 is 10.2. The molecule has 0 saturated carbocycles. The van der Waals surface area contributed by atoms with Gasteiger partial charge in [0.2, 0.25) is 11.8 Å². The van der Waals surface area contributed by atoms with Crippen LogP contribution in [0.1, 0.15) is 73.3 Å². The molecule has 0 unspecified atom stereocenters. The van der Waals surface area contributed by atoms with Crippen LogP contribution in [0.2, 0.25) is 0 Å². The lowest BCUT2D eigenvalue weighted by molar-refractivity contribution is -0.148. The van der Waals surface area contributed by atoms with Gasteiger partial charge in [0, 0.05) is 6.54 Å². The van der Waals surface area contributed by atoms with Crippen molar-refractivity contribution in [2.24, 2.45) is 11.8 Å². The van der Waals surface area contributed by atoms with Crippen molar-refractivity contribution in [3.63, 3.8) is 0 Å². The van der Waals surface area contributed by atoms with E-state index in [0.717, 1.165) is 5.56 Å². The Morgan fingerprint density at radius 3 is 2.18 bits per heavy atom. The first-order valence-corrected chi connectivity index (χ1v) is 15.3. The standard InChI is InChI=1S/C32H50N4O8/c1-9-20(4)25(28(39)34-24(19(2)3)30(41)43-8)35-27(38)23-16-13-17-36(23)29(40)26(37)22(18-21-14-11-10-12-15-21)33-31(42)44-32(5,6)7/h10-12,14-15,19-20,22-26,37H,9,13,16-18H2,1-8H3,(H,33,42)(H,34,39)(H,35,38)/t20-,22+,23+,24-,25-,26-/m0/s1. The number of aliphatic hydroxyl groups excluding tert-OH is 1. The molecule has 1 aliphatic heterocycles. The number of carbonyl (C=O) groups excluding carboxylic acids is 5. The average Bonchev–Trinajstić information content (AvgIpc) is 3.46. The normalized spacial score (nSPS) is 18.4. The second kappa shape index (κ2) is 16.4. The zero-order chi connectivity index (χ0) is 33.2. The summed E-state index contributed by atoms with van der Waals surface area (Å²) in [5.41, 5.74) is -0.0101. The summed E-state index contributed by atoms with van der Waals surface area (Å²) in [5, 5.41) is 19.4. The molecule has 4 amide bonds. The van der Waals surface area contributed by atoms with Crippen molar-refractivity contribution in [3.05, 3.63) is 35.9 Å². The highest BCUT2D eigenvalue weighted by atomic mass is 16.6. The quantitative estimate of drug-likeness (QED) is 0.245. The summed E-state index contributed by atoms with van der Waals surface area (Å²) in [4.78, 5) is 66.7. The smallest absolute Gasteiger partial charge is 0.407 e. The fourth-order valence-corrected chi connectivity index (χ4v) is 5.03. The van der Waals surface area contributed by atoms with Gasteiger partial charge in [0.05, 0.1) is 13.2 Å². The number of alkyl carbamates (subject to hydrolysis) is 1. The van der Waals surface area contributed by atoms with Gasteiger partial charge in [0.1, 0.15) is 23.7 Å². The lowest BCUT2D eigenvalue weighted by atomic mass is 9.96. The third-order valence-electron chi connectivity index (χ3n) is 7.69. The third-order valence-corrected chi connectivity index (χ3v) is 7.69. The van der Waals surface area contributed by atoms with Crippen LogP contribution >= 0.6 is 0 Å². The molecule has 6 atom stereocenters. The number of hydrogen-bond donors (Lipinski definition) is 4. The number of nitrogens with zero attached hydrogens (tertiary/aromatic N) is 1. The van der Waals surface area contributed by atoms with Crippen molar-refractivity contribution in [3.8, 4) is 0 Å². The first kappa shape index (κ1) is 36.5. The molecule has 246 valence electrons. The van der Waals surface area contributed by atoms with Gasteiger partial charge in [-0.1, -0.05) is 64.4 Å². The van der Waals surface area contributed by atoms with E-state index in [1.165, 1.54) is 12.0 Å². The Hall–Kier alpha value is -3.67. The van der Waals surface area contributed by atoms with Crippen LogP contribution in [0.15, 0.2) is 30.3 Å². The minimum absolute atomic E-state index is 0.144. The molecular weight excluding hydrogens is 568 g/mol. The third kappa shape index (κ3) is 10.5. The molecule has 1 aromatic carbocycles. The van der Waals surface area contributed by atoms with Gasteiger partial charge >= 0.3 is 12.1 Å². The zero-order valence-corrected chi connectivity index (χ0v) is 27.2. The Bertz CT molecular complexity index is 1140. The Morgan fingerprint density at radius 1 is 1.00 bits per heavy atom. The summed E-state index contributed by atoms with van der Waals surface area (Å²) in [6.45, 7) is 12.6. The van der Waals surface area contributed by atoms with Crippen LogP contribution in [0.5, 0.6) is 0 Å². The fourth-order valence-electron chi connectivity index (χ4n) is 5.03. The van der Waals surface area contributed by atoms with E-state index >= 15 is 0 Å². The van der Waals surface area contributed by atoms with Gasteiger partial charge in [-0.25, -0.2) is 9.59 Å². The van der Waals surface area contributed by atoms with E-state index in [4.69, 9.17) is 9.47 Å². The molecule has 1 aliphatic rings. The highest BCUT2D eigenvalue weighted by Gasteiger charge is 2.41. The van der Waals surface area contributed by atoms with E-state index in [0.29, 0.717) is 19.3 Å². The number of esters is 1. The summed E-state index contributed by atoms with van der Waals surface area (Å²) >= 11 is 0. The highest BCUT2D eigenvalue weighted by Crippen LogP contribution is 2.22. The Balaban J connectivity index is 2.24. The number of methoxy groups -OCH3 is 1. The number of carbonyl (C=O) groups is 5. The molecule has 0 radical (unpaired) electrons. The van der Waals surface area contributed by atoms with Crippen molar-refractivity contribution in [2.45, 2.75) is 110 Å². The Labute approximate surface area is 260 Å². The number of rotatable bonds is 13. The van der Waals surface area contributed by atoms with E-state index in [2.05, 4.69) is 16.0 Å². The molecule has 1 saturated heterocycles. The monoisotopic (exact) mass is 618 g/mol. The largest absolute Gasteiger partial charge is 0.467 e. The van der Waals surface area contributed by atoms with Crippen molar-refractivity contribution >= 4 is 29.8 Å². The first-order chi connectivity index (χ1) is 20.6. The van der Waals surface area contributed by atoms with Crippen LogP contribution in [0.4, 0.5) is 4.79 Å². The number of amides is 4. The van der Waals surface area contributed by atoms with Crippen LogP contribution in [-0.4, -0.2) is 89.3 Å². The van der Waals surface area contributed by atoms with Crippen LogP contribution in [0, 0.1) is 11.8 Å². The second-order valence-electron chi connectivity index (χ2n) is 12.7. The molecule has 0 spiro atoms. The van der Waals surface area contributed by atoms with E-state index in [1.807, 2.05) is 44.2 Å². The number of ether oxygens (including phenoxy) is 2. The summed E-state index contributed by atoms with van der Waals surface area (Å²) in [7, 11) is 1.24. The molecule has 44 heavy (non-hydrogen) atoms. The predicted molar refractivity (Wildman–Crippen MR) is 164 cm³/mol. The van der Waals surface area contributed by atoms with Crippen molar-refractivity contribution < 1.29 is 38.6 Å². The van der Waals surface area contributed by atoms with E-state index in [-0.39, 0.29) is 24.8 Å². The van der Waals surface area contributed by atoms with Gasteiger partial charge in [0.15, 0.2) is 6.10 Å². The molecule has 1 heterocycles. The number of aliphatic hydroxyl groups is 1. The van der Waals surface area contributed by atoms with Crippen LogP contribution in [-0.2, 0) is 35.1 Å². The predicted octanol–water partition coefficient (Wildman–Crippen LogP) is 2.32. The van der Waals surface area contributed by atoms with Crippen LogP contribution < -0.4 is 16.0 Å². The van der Waals surface area contributed by atoms with Crippen molar-refractivity contribution in [1.82, 2.24) is 20.9 Å². The maximum Gasteiger partial charge on any atom is 0.407 e. The summed E-state index contributed by atoms with van der Waals surface area (Å²) in [6, 6.07) is 5.26. The van der Waals surface area contributed by atoms with Crippen molar-refractivity contribution in [1.29, 1.82) is 0 Å². The van der Waals surface area contributed by atoms with E-state index in [1.54, 1.807) is 34.6 Å². The van der Waals surface area contributed by atoms with E-state index in [9.17, 15) is 29.1 Å². The topological polar surface area (TPSA) is 163 Å². The maximum absolute atomic E-state index is 13.7. The molecule has 1 aromatic rings. The van der Waals surface area contributed by atoms with Crippen LogP contribution in [0.3, 0.4) is 0 Å². The molecule has 2 rings (SSSR count). The van der Waals surface area contributed by atoms with Gasteiger partial charge in [0.25, 0.3) is 5.91 Å². The Morgan fingerprint density at radius 2 is 1.64 bits per heavy atom. The van der Waals surface area contributed by atoms with Gasteiger partial charge in [-0.05, 0) is 57.4 Å². The first-order valence-electron chi connectivity index (χ1n) is 15.3. The van der Waals surface area contributed by atoms with Crippen molar-refractivity contribution in [2.75, 3.05) is 13.7 Å². The summed E-state index contributed by atoms with van der Waals surface area (Å²) in [6.07, 6.45) is -0.903. The molecule has 0 bridgehead atoms. The average molecular weight is 619 g/mol. The minimum atomic E-state index is -1.67. The highest BCUT2D eigenvalue weighted by molar-refractivity contribution is 5.94. The lowest BCUT2D eigenvalue weighted by Crippen LogP contribution is -2.59. The molecule has 12 nitrogen and oxygen atoms in total. The molecule has 1 fully saturated rings. The minimum Gasteiger partial charge on any atom is -0.467 e. The lowest BCUT2D eigenvalue weighted by Gasteiger charge is -2.32. The summed E-state index contributed by atoms with van der Waals surface area (Å²) in [5.74, 6) is -2.90. The van der Waals surface area contributed by atoms with Gasteiger partial charge in [-0.2, -0.15) is 0 Å². The maximum atomic E-state index is 13.7. The fraction of sp³-hybridized carbons (Fsp3) is 0.656. The van der Waals surface area contributed by atoms with Gasteiger partial charge in [-0.15, -0.1) is 0 Å². The number of likely N-dealkylation sites (tertiary alicyclic amines) is 1. The van der Waals surface area contributed by atoms with Crippen LogP contribution in [0.25, 0.3) is 0 Å². The number of benzene rings is 1. The molecule has 0 aliphatic carbocycles. The van der Waals surface area contributed by atoms with Gasteiger partial charge in [-0.3, -0.25) is 14.4 Å². The Kier molecular flexibility index (Phi) is 13.6. The molecule has 4 N–H and O–H groups in total.